The topological polar surface area (TPSA) is 103 Å². The lowest BCUT2D eigenvalue weighted by atomic mass is 10.2. The Kier molecular flexibility index (Phi) is 5.45. The van der Waals surface area contributed by atoms with Gasteiger partial charge in [-0.25, -0.2) is 4.39 Å². The summed E-state index contributed by atoms with van der Waals surface area (Å²) in [6.07, 6.45) is 1.33. The number of halogens is 1. The predicted octanol–water partition coefficient (Wildman–Crippen LogP) is 2.78. The van der Waals surface area contributed by atoms with Gasteiger partial charge in [0, 0.05) is 24.0 Å². The van der Waals surface area contributed by atoms with Crippen LogP contribution in [0, 0.1) is 15.9 Å². The number of nitrogens with one attached hydrogen (secondary N) is 1. The molecule has 0 saturated heterocycles. The smallest absolute Gasteiger partial charge is 0.295 e. The third-order valence-electron chi connectivity index (χ3n) is 3.73. The number of pyridine rings is 1. The highest BCUT2D eigenvalue weighted by Crippen LogP contribution is 2.17. The van der Waals surface area contributed by atoms with Crippen LogP contribution in [0.3, 0.4) is 0 Å². The summed E-state index contributed by atoms with van der Waals surface area (Å²) in [6, 6.07) is 13.8. The first-order chi connectivity index (χ1) is 13.4. The second kappa shape index (κ2) is 8.12. The molecule has 1 amide bonds. The highest BCUT2D eigenvalue weighted by molar-refractivity contribution is 6.04. The Hall–Kier alpha value is -4.01. The first-order valence-electron chi connectivity index (χ1n) is 8.09. The molecule has 0 fully saturated rings. The maximum Gasteiger partial charge on any atom is 0.295 e. The van der Waals surface area contributed by atoms with Gasteiger partial charge in [-0.2, -0.15) is 4.73 Å². The quantitative estimate of drug-likeness (QED) is 0.521. The molecule has 28 heavy (non-hydrogen) atoms. The minimum atomic E-state index is -0.741. The van der Waals surface area contributed by atoms with Crippen molar-refractivity contribution in [3.8, 4) is 0 Å². The van der Waals surface area contributed by atoms with Crippen LogP contribution in [0.25, 0.3) is 0 Å². The highest BCUT2D eigenvalue weighted by atomic mass is 19.1. The van der Waals surface area contributed by atoms with Crippen LogP contribution in [0.15, 0.2) is 71.7 Å². The number of non-ortho nitro benzene ring substituents is 1. The van der Waals surface area contributed by atoms with Crippen LogP contribution in [0.5, 0.6) is 0 Å². The molecule has 0 radical (unpaired) electrons. The molecule has 2 aromatic carbocycles. The summed E-state index contributed by atoms with van der Waals surface area (Å²) in [4.78, 5) is 40.4. The maximum absolute atomic E-state index is 13.2. The van der Waals surface area contributed by atoms with Crippen LogP contribution in [-0.4, -0.2) is 15.6 Å². The van der Waals surface area contributed by atoms with Crippen LogP contribution in [0.4, 0.5) is 15.8 Å². The summed E-state index contributed by atoms with van der Waals surface area (Å²) < 4.78 is 14.1. The van der Waals surface area contributed by atoms with Crippen molar-refractivity contribution in [2.24, 2.45) is 0 Å². The van der Waals surface area contributed by atoms with Gasteiger partial charge < -0.3 is 10.2 Å². The number of aromatic nitrogens is 1. The van der Waals surface area contributed by atoms with E-state index in [1.807, 2.05) is 0 Å². The Morgan fingerprint density at radius 1 is 1.14 bits per heavy atom. The number of benzene rings is 2. The number of anilines is 1. The summed E-state index contributed by atoms with van der Waals surface area (Å²) >= 11 is 0. The van der Waals surface area contributed by atoms with Gasteiger partial charge in [0.15, 0.2) is 0 Å². The van der Waals surface area contributed by atoms with Gasteiger partial charge in [-0.05, 0) is 35.9 Å². The Labute approximate surface area is 157 Å². The second-order valence-electron chi connectivity index (χ2n) is 5.72. The molecule has 9 heteroatoms. The molecular weight excluding hydrogens is 369 g/mol. The number of rotatable bonds is 6. The molecule has 3 rings (SSSR count). The molecule has 0 aliphatic carbocycles. The molecule has 142 valence electrons. The van der Waals surface area contributed by atoms with Gasteiger partial charge in [-0.1, -0.05) is 18.2 Å². The average Bonchev–Trinajstić information content (AvgIpc) is 2.67. The molecule has 0 aliphatic heterocycles. The van der Waals surface area contributed by atoms with Crippen LogP contribution in [0.1, 0.15) is 15.9 Å². The van der Waals surface area contributed by atoms with Crippen molar-refractivity contribution in [1.29, 1.82) is 0 Å². The number of nitro groups is 1. The zero-order valence-corrected chi connectivity index (χ0v) is 14.4. The Balaban J connectivity index is 1.76. The lowest BCUT2D eigenvalue weighted by Crippen LogP contribution is -2.32. The van der Waals surface area contributed by atoms with Crippen molar-refractivity contribution in [1.82, 2.24) is 4.73 Å². The first kappa shape index (κ1) is 18.8. The lowest BCUT2D eigenvalue weighted by molar-refractivity contribution is -0.384. The molecule has 0 unspecified atom stereocenters. The summed E-state index contributed by atoms with van der Waals surface area (Å²) in [5, 5.41) is 13.3. The molecule has 0 atom stereocenters. The monoisotopic (exact) mass is 383 g/mol. The highest BCUT2D eigenvalue weighted by Gasteiger charge is 2.14. The van der Waals surface area contributed by atoms with Crippen molar-refractivity contribution in [3.63, 3.8) is 0 Å². The minimum Gasteiger partial charge on any atom is -0.406 e. The van der Waals surface area contributed by atoms with E-state index in [2.05, 4.69) is 5.32 Å². The first-order valence-corrected chi connectivity index (χ1v) is 8.09. The molecule has 0 aliphatic rings. The van der Waals surface area contributed by atoms with Gasteiger partial charge in [0.05, 0.1) is 4.92 Å². The number of hydrogen-bond acceptors (Lipinski definition) is 5. The van der Waals surface area contributed by atoms with Crippen molar-refractivity contribution >= 4 is 17.3 Å². The lowest BCUT2D eigenvalue weighted by Gasteiger charge is -2.10. The predicted molar refractivity (Wildman–Crippen MR) is 98.4 cm³/mol. The number of nitrogens with zero attached hydrogens (tertiary/aromatic N) is 2. The van der Waals surface area contributed by atoms with E-state index in [-0.39, 0.29) is 23.5 Å². The second-order valence-corrected chi connectivity index (χ2v) is 5.72. The van der Waals surface area contributed by atoms with Gasteiger partial charge in [0.1, 0.15) is 18.0 Å². The van der Waals surface area contributed by atoms with Gasteiger partial charge in [-0.3, -0.25) is 19.7 Å². The van der Waals surface area contributed by atoms with E-state index in [0.29, 0.717) is 5.56 Å². The van der Waals surface area contributed by atoms with E-state index in [0.717, 1.165) is 4.73 Å². The third-order valence-corrected chi connectivity index (χ3v) is 3.73. The Morgan fingerprint density at radius 3 is 2.68 bits per heavy atom. The van der Waals surface area contributed by atoms with Gasteiger partial charge in [0.25, 0.3) is 17.2 Å². The van der Waals surface area contributed by atoms with E-state index in [1.165, 1.54) is 60.8 Å². The zero-order chi connectivity index (χ0) is 20.1. The molecule has 0 saturated carbocycles. The Bertz CT molecular complexity index is 1100. The van der Waals surface area contributed by atoms with Crippen LogP contribution in [-0.2, 0) is 6.61 Å². The van der Waals surface area contributed by atoms with Crippen LogP contribution in [0.2, 0.25) is 0 Å². The molecular formula is C19H14FN3O5. The molecule has 1 aromatic heterocycles. The summed E-state index contributed by atoms with van der Waals surface area (Å²) in [6.45, 7) is -0.0758. The van der Waals surface area contributed by atoms with E-state index >= 15 is 0 Å². The standard InChI is InChI=1S/C19H14FN3O5/c20-14-5-1-4-13(10-14)12-28-22-9-3-8-17(19(22)25)18(24)21-15-6-2-7-16(11-15)23(26)27/h1-11H,12H2,(H,21,24). The molecule has 0 bridgehead atoms. The fourth-order valence-corrected chi connectivity index (χ4v) is 2.42. The van der Waals surface area contributed by atoms with Crippen molar-refractivity contribution in [2.75, 3.05) is 5.32 Å². The largest absolute Gasteiger partial charge is 0.406 e. The van der Waals surface area contributed by atoms with Crippen molar-refractivity contribution < 1.29 is 18.9 Å². The number of amides is 1. The molecule has 8 nitrogen and oxygen atoms in total. The summed E-state index contributed by atoms with van der Waals surface area (Å²) in [7, 11) is 0. The molecule has 1 N–H and O–H groups in total. The third kappa shape index (κ3) is 4.39. The number of hydrogen-bond donors (Lipinski definition) is 1. The van der Waals surface area contributed by atoms with Gasteiger partial charge in [-0.15, -0.1) is 0 Å². The van der Waals surface area contributed by atoms with Crippen LogP contribution >= 0.6 is 0 Å². The fraction of sp³-hybridized carbons (Fsp3) is 0.0526. The SMILES string of the molecule is O=C(Nc1cccc([N+](=O)[O-])c1)c1cccn(OCc2cccc(F)c2)c1=O. The number of nitro benzene ring substituents is 1. The number of carbonyl (C=O) groups excluding carboxylic acids is 1. The zero-order valence-electron chi connectivity index (χ0n) is 14.4. The van der Waals surface area contributed by atoms with E-state index < -0.39 is 22.2 Å². The molecule has 1 heterocycles. The van der Waals surface area contributed by atoms with E-state index in [1.54, 1.807) is 6.07 Å². The van der Waals surface area contributed by atoms with Gasteiger partial charge >= 0.3 is 0 Å². The molecule has 0 spiro atoms. The average molecular weight is 383 g/mol. The van der Waals surface area contributed by atoms with Crippen molar-refractivity contribution in [3.05, 3.63) is 104 Å². The molecule has 3 aromatic rings. The number of carbonyl (C=O) groups is 1. The fourth-order valence-electron chi connectivity index (χ4n) is 2.42. The van der Waals surface area contributed by atoms with Crippen molar-refractivity contribution in [2.45, 2.75) is 6.61 Å². The minimum absolute atomic E-state index is 0.0758. The summed E-state index contributed by atoms with van der Waals surface area (Å²) in [5.74, 6) is -1.17. The Morgan fingerprint density at radius 2 is 1.93 bits per heavy atom. The maximum atomic E-state index is 13.2. The summed E-state index contributed by atoms with van der Waals surface area (Å²) in [5.41, 5.74) is -0.440. The van der Waals surface area contributed by atoms with Crippen LogP contribution < -0.4 is 15.7 Å². The van der Waals surface area contributed by atoms with Gasteiger partial charge in [0.2, 0.25) is 0 Å². The normalized spacial score (nSPS) is 10.3. The van der Waals surface area contributed by atoms with E-state index in [4.69, 9.17) is 4.84 Å². The van der Waals surface area contributed by atoms with E-state index in [9.17, 15) is 24.1 Å².